The van der Waals surface area contributed by atoms with Crippen molar-refractivity contribution in [3.05, 3.63) is 63.7 Å². The molecule has 1 amide bonds. The summed E-state index contributed by atoms with van der Waals surface area (Å²) < 4.78 is 27.1. The minimum absolute atomic E-state index is 0.0176. The van der Waals surface area contributed by atoms with E-state index in [2.05, 4.69) is 22.6 Å². The van der Waals surface area contributed by atoms with Gasteiger partial charge in [-0.1, -0.05) is 18.2 Å². The van der Waals surface area contributed by atoms with Gasteiger partial charge in [0, 0.05) is 21.2 Å². The first kappa shape index (κ1) is 18.0. The van der Waals surface area contributed by atoms with E-state index in [9.17, 15) is 13.2 Å². The van der Waals surface area contributed by atoms with E-state index in [1.165, 1.54) is 0 Å². The molecule has 2 bridgehead atoms. The SMILES string of the molecule is O=C(c1ccc(I)cc1)N1C2CCC1CC(S(=O)(=O)c1ccccc1)C2. The number of rotatable bonds is 3. The highest BCUT2D eigenvalue weighted by Gasteiger charge is 2.47. The Morgan fingerprint density at radius 1 is 0.923 bits per heavy atom. The van der Waals surface area contributed by atoms with Gasteiger partial charge in [-0.15, -0.1) is 0 Å². The largest absolute Gasteiger partial charge is 0.333 e. The van der Waals surface area contributed by atoms with Crippen molar-refractivity contribution in [1.82, 2.24) is 4.90 Å². The van der Waals surface area contributed by atoms with Gasteiger partial charge in [-0.3, -0.25) is 4.79 Å². The number of halogens is 1. The molecule has 2 aromatic carbocycles. The normalized spacial score (nSPS) is 25.3. The third-order valence-corrected chi connectivity index (χ3v) is 8.44. The number of fused-ring (bicyclic) bond motifs is 2. The van der Waals surface area contributed by atoms with Gasteiger partial charge in [-0.25, -0.2) is 8.42 Å². The Kier molecular flexibility index (Phi) is 4.81. The van der Waals surface area contributed by atoms with Gasteiger partial charge in [-0.2, -0.15) is 0 Å². The Morgan fingerprint density at radius 3 is 2.08 bits per heavy atom. The van der Waals surface area contributed by atoms with E-state index in [1.807, 2.05) is 35.2 Å². The second kappa shape index (κ2) is 6.96. The van der Waals surface area contributed by atoms with Crippen LogP contribution in [-0.2, 0) is 9.84 Å². The molecule has 0 saturated carbocycles. The highest BCUT2D eigenvalue weighted by molar-refractivity contribution is 14.1. The summed E-state index contributed by atoms with van der Waals surface area (Å²) in [5.41, 5.74) is 0.687. The van der Waals surface area contributed by atoms with Crippen LogP contribution in [-0.4, -0.2) is 36.6 Å². The van der Waals surface area contributed by atoms with Crippen molar-refractivity contribution in [2.45, 2.75) is 47.9 Å². The lowest BCUT2D eigenvalue weighted by Gasteiger charge is -2.38. The Hall–Kier alpha value is -1.41. The molecular weight excluding hydrogens is 461 g/mol. The molecule has 4 nitrogen and oxygen atoms in total. The quantitative estimate of drug-likeness (QED) is 0.626. The van der Waals surface area contributed by atoms with Crippen LogP contribution >= 0.6 is 22.6 Å². The van der Waals surface area contributed by atoms with Crippen LogP contribution in [0.25, 0.3) is 0 Å². The predicted octanol–water partition coefficient (Wildman–Crippen LogP) is 3.90. The van der Waals surface area contributed by atoms with Gasteiger partial charge in [0.1, 0.15) is 0 Å². The van der Waals surface area contributed by atoms with Crippen LogP contribution in [0.1, 0.15) is 36.0 Å². The molecule has 2 unspecified atom stereocenters. The maximum absolute atomic E-state index is 13.0. The van der Waals surface area contributed by atoms with Crippen molar-refractivity contribution in [3.8, 4) is 0 Å². The summed E-state index contributed by atoms with van der Waals surface area (Å²) in [6.45, 7) is 0. The molecule has 2 heterocycles. The second-order valence-corrected chi connectivity index (χ2v) is 10.5. The number of carbonyl (C=O) groups excluding carboxylic acids is 1. The molecule has 2 aliphatic rings. The van der Waals surface area contributed by atoms with Gasteiger partial charge in [0.05, 0.1) is 10.1 Å². The molecule has 0 aliphatic carbocycles. The first-order valence-corrected chi connectivity index (χ1v) is 11.5. The van der Waals surface area contributed by atoms with Crippen LogP contribution < -0.4 is 0 Å². The second-order valence-electron chi connectivity index (χ2n) is 7.06. The molecule has 0 N–H and O–H groups in total. The minimum atomic E-state index is -3.35. The highest BCUT2D eigenvalue weighted by Crippen LogP contribution is 2.40. The monoisotopic (exact) mass is 481 g/mol. The molecular formula is C20H20INO3S. The van der Waals surface area contributed by atoms with E-state index < -0.39 is 15.1 Å². The van der Waals surface area contributed by atoms with Gasteiger partial charge >= 0.3 is 0 Å². The van der Waals surface area contributed by atoms with Crippen molar-refractivity contribution in [1.29, 1.82) is 0 Å². The molecule has 6 heteroatoms. The fourth-order valence-corrected chi connectivity index (χ4v) is 6.49. The van der Waals surface area contributed by atoms with Crippen LogP contribution in [0.15, 0.2) is 59.5 Å². The topological polar surface area (TPSA) is 54.5 Å². The van der Waals surface area contributed by atoms with E-state index in [4.69, 9.17) is 0 Å². The predicted molar refractivity (Wildman–Crippen MR) is 109 cm³/mol. The van der Waals surface area contributed by atoms with Crippen molar-refractivity contribution < 1.29 is 13.2 Å². The third-order valence-electron chi connectivity index (χ3n) is 5.53. The van der Waals surface area contributed by atoms with Crippen LogP contribution in [0.3, 0.4) is 0 Å². The molecule has 2 atom stereocenters. The van der Waals surface area contributed by atoms with E-state index in [0.717, 1.165) is 16.4 Å². The van der Waals surface area contributed by atoms with Crippen molar-refractivity contribution in [2.24, 2.45) is 0 Å². The number of piperidine rings is 1. The summed E-state index contributed by atoms with van der Waals surface area (Å²) in [6.07, 6.45) is 2.84. The highest BCUT2D eigenvalue weighted by atomic mass is 127. The molecule has 136 valence electrons. The summed E-state index contributed by atoms with van der Waals surface area (Å²) in [7, 11) is -3.35. The summed E-state index contributed by atoms with van der Waals surface area (Å²) in [4.78, 5) is 15.3. The molecule has 2 saturated heterocycles. The first-order chi connectivity index (χ1) is 12.5. The number of hydrogen-bond acceptors (Lipinski definition) is 3. The van der Waals surface area contributed by atoms with E-state index in [1.54, 1.807) is 24.3 Å². The number of nitrogens with zero attached hydrogens (tertiary/aromatic N) is 1. The summed E-state index contributed by atoms with van der Waals surface area (Å²) in [5, 5.41) is -0.400. The maximum atomic E-state index is 13.0. The van der Waals surface area contributed by atoms with Gasteiger partial charge < -0.3 is 4.90 Å². The lowest BCUT2D eigenvalue weighted by molar-refractivity contribution is 0.0598. The zero-order chi connectivity index (χ0) is 18.3. The fraction of sp³-hybridized carbons (Fsp3) is 0.350. The van der Waals surface area contributed by atoms with Gasteiger partial charge in [0.25, 0.3) is 5.91 Å². The lowest BCUT2D eigenvalue weighted by Crippen LogP contribution is -2.49. The Bertz CT molecular complexity index is 898. The molecule has 2 fully saturated rings. The summed E-state index contributed by atoms with van der Waals surface area (Å²) in [6, 6.07) is 16.3. The summed E-state index contributed by atoms with van der Waals surface area (Å²) in [5.74, 6) is 0.0319. The molecule has 2 aromatic rings. The van der Waals surface area contributed by atoms with E-state index in [0.29, 0.717) is 23.3 Å². The minimum Gasteiger partial charge on any atom is -0.333 e. The van der Waals surface area contributed by atoms with Crippen molar-refractivity contribution in [2.75, 3.05) is 0 Å². The standard InChI is InChI=1S/C20H20INO3S/c21-15-8-6-14(7-9-15)20(23)22-16-10-11-17(22)13-19(12-16)26(24,25)18-4-2-1-3-5-18/h1-9,16-17,19H,10-13H2. The first-order valence-electron chi connectivity index (χ1n) is 8.84. The van der Waals surface area contributed by atoms with Gasteiger partial charge in [0.15, 0.2) is 9.84 Å². The number of carbonyl (C=O) groups is 1. The van der Waals surface area contributed by atoms with E-state index >= 15 is 0 Å². The van der Waals surface area contributed by atoms with Crippen LogP contribution in [0, 0.1) is 3.57 Å². The number of hydrogen-bond donors (Lipinski definition) is 0. The molecule has 2 aliphatic heterocycles. The zero-order valence-electron chi connectivity index (χ0n) is 14.2. The molecule has 0 spiro atoms. The van der Waals surface area contributed by atoms with Crippen LogP contribution in [0.5, 0.6) is 0 Å². The Balaban J connectivity index is 1.56. The van der Waals surface area contributed by atoms with Crippen LogP contribution in [0.2, 0.25) is 0 Å². The zero-order valence-corrected chi connectivity index (χ0v) is 17.2. The number of benzene rings is 2. The number of sulfone groups is 1. The molecule has 26 heavy (non-hydrogen) atoms. The lowest BCUT2D eigenvalue weighted by atomic mass is 10.0. The summed E-state index contributed by atoms with van der Waals surface area (Å²) >= 11 is 2.22. The van der Waals surface area contributed by atoms with Gasteiger partial charge in [0.2, 0.25) is 0 Å². The molecule has 0 radical (unpaired) electrons. The van der Waals surface area contributed by atoms with Crippen molar-refractivity contribution in [3.63, 3.8) is 0 Å². The average Bonchev–Trinajstić information content (AvgIpc) is 2.91. The molecule has 0 aromatic heterocycles. The van der Waals surface area contributed by atoms with E-state index in [-0.39, 0.29) is 18.0 Å². The van der Waals surface area contributed by atoms with Gasteiger partial charge in [-0.05, 0) is 84.7 Å². The third kappa shape index (κ3) is 3.17. The van der Waals surface area contributed by atoms with Crippen molar-refractivity contribution >= 4 is 38.3 Å². The fourth-order valence-electron chi connectivity index (χ4n) is 4.26. The smallest absolute Gasteiger partial charge is 0.254 e. The Labute approximate surface area is 167 Å². The Morgan fingerprint density at radius 2 is 1.50 bits per heavy atom. The number of amides is 1. The van der Waals surface area contributed by atoms with Crippen LogP contribution in [0.4, 0.5) is 0 Å². The molecule has 4 rings (SSSR count). The average molecular weight is 481 g/mol. The maximum Gasteiger partial charge on any atom is 0.254 e.